The number of hydrogen-bond donors (Lipinski definition) is 0. The first-order valence-corrected chi connectivity index (χ1v) is 5.67. The summed E-state index contributed by atoms with van der Waals surface area (Å²) in [5, 5.41) is 0. The highest BCUT2D eigenvalue weighted by atomic mass is 16.5. The number of ether oxygens (including phenoxy) is 1. The van der Waals surface area contributed by atoms with Crippen LogP contribution in [0.3, 0.4) is 0 Å². The molecule has 2 heteroatoms. The van der Waals surface area contributed by atoms with Crippen molar-refractivity contribution in [1.82, 2.24) is 0 Å². The van der Waals surface area contributed by atoms with E-state index in [9.17, 15) is 4.79 Å². The first-order chi connectivity index (χ1) is 7.57. The Kier molecular flexibility index (Phi) is 4.69. The molecule has 0 saturated carbocycles. The number of methoxy groups -OCH3 is 1. The summed E-state index contributed by atoms with van der Waals surface area (Å²) in [5.41, 5.74) is 3.01. The number of carbonyl (C=O) groups excluding carboxylic acids is 1. The second-order valence-corrected chi connectivity index (χ2v) is 4.31. The molecule has 1 unspecified atom stereocenters. The van der Waals surface area contributed by atoms with Gasteiger partial charge in [0, 0.05) is 25.2 Å². The minimum absolute atomic E-state index is 0.0275. The van der Waals surface area contributed by atoms with Crippen molar-refractivity contribution in [2.75, 3.05) is 13.7 Å². The van der Waals surface area contributed by atoms with E-state index in [4.69, 9.17) is 4.74 Å². The van der Waals surface area contributed by atoms with E-state index in [1.54, 1.807) is 7.11 Å². The summed E-state index contributed by atoms with van der Waals surface area (Å²) in [5.74, 6) is 0.257. The average molecular weight is 220 g/mol. The van der Waals surface area contributed by atoms with Crippen molar-refractivity contribution in [3.63, 3.8) is 0 Å². The Morgan fingerprint density at radius 2 is 1.88 bits per heavy atom. The number of rotatable bonds is 5. The minimum atomic E-state index is 0.0275. The van der Waals surface area contributed by atoms with Crippen LogP contribution in [0.15, 0.2) is 18.2 Å². The monoisotopic (exact) mass is 220 g/mol. The van der Waals surface area contributed by atoms with Crippen molar-refractivity contribution in [3.05, 3.63) is 34.9 Å². The van der Waals surface area contributed by atoms with Crippen molar-refractivity contribution < 1.29 is 9.53 Å². The molecule has 1 atom stereocenters. The molecule has 2 nitrogen and oxygen atoms in total. The van der Waals surface area contributed by atoms with Gasteiger partial charge in [0.15, 0.2) is 5.78 Å². The third-order valence-electron chi connectivity index (χ3n) is 2.93. The summed E-state index contributed by atoms with van der Waals surface area (Å²) in [7, 11) is 1.66. The van der Waals surface area contributed by atoms with Crippen LogP contribution in [0.1, 0.15) is 34.8 Å². The molecule has 0 fully saturated rings. The van der Waals surface area contributed by atoms with Crippen LogP contribution in [-0.2, 0) is 4.74 Å². The lowest BCUT2D eigenvalue weighted by molar-refractivity contribution is 0.0892. The molecule has 0 amide bonds. The van der Waals surface area contributed by atoms with Gasteiger partial charge in [-0.2, -0.15) is 0 Å². The van der Waals surface area contributed by atoms with E-state index in [0.29, 0.717) is 6.61 Å². The van der Waals surface area contributed by atoms with Gasteiger partial charge in [-0.15, -0.1) is 0 Å². The van der Waals surface area contributed by atoms with Crippen molar-refractivity contribution in [1.29, 1.82) is 0 Å². The molecule has 0 radical (unpaired) electrons. The fourth-order valence-electron chi connectivity index (χ4n) is 1.88. The molecule has 88 valence electrons. The lowest BCUT2D eigenvalue weighted by Crippen LogP contribution is -2.15. The zero-order valence-electron chi connectivity index (χ0n) is 10.5. The maximum atomic E-state index is 12.2. The van der Waals surface area contributed by atoms with Gasteiger partial charge in [0.25, 0.3) is 0 Å². The van der Waals surface area contributed by atoms with Gasteiger partial charge in [0.1, 0.15) is 0 Å². The van der Waals surface area contributed by atoms with E-state index in [2.05, 4.69) is 0 Å². The highest BCUT2D eigenvalue weighted by Gasteiger charge is 2.18. The zero-order valence-corrected chi connectivity index (χ0v) is 10.5. The summed E-state index contributed by atoms with van der Waals surface area (Å²) in [6.45, 7) is 6.58. The van der Waals surface area contributed by atoms with E-state index in [0.717, 1.165) is 23.1 Å². The van der Waals surface area contributed by atoms with Crippen LogP contribution in [0.2, 0.25) is 0 Å². The number of carbonyl (C=O) groups is 1. The average Bonchev–Trinajstić information content (AvgIpc) is 2.25. The predicted octanol–water partition coefficient (Wildman–Crippen LogP) is 3.16. The summed E-state index contributed by atoms with van der Waals surface area (Å²) in [6.07, 6.45) is 0.781. The number of ketones is 1. The molecule has 0 N–H and O–H groups in total. The number of Topliss-reactive ketones (excluding diaryl/α,β-unsaturated/α-hetero) is 1. The van der Waals surface area contributed by atoms with Gasteiger partial charge in [0.05, 0.1) is 0 Å². The van der Waals surface area contributed by atoms with Crippen LogP contribution < -0.4 is 0 Å². The maximum absolute atomic E-state index is 12.2. The highest BCUT2D eigenvalue weighted by Crippen LogP contribution is 2.19. The molecule has 0 heterocycles. The molecule has 1 aromatic rings. The second-order valence-electron chi connectivity index (χ2n) is 4.31. The zero-order chi connectivity index (χ0) is 12.1. The van der Waals surface area contributed by atoms with Crippen LogP contribution >= 0.6 is 0 Å². The van der Waals surface area contributed by atoms with Crippen LogP contribution in [0.5, 0.6) is 0 Å². The Labute approximate surface area is 97.6 Å². The third kappa shape index (κ3) is 2.92. The Morgan fingerprint density at radius 3 is 2.38 bits per heavy atom. The molecule has 0 aliphatic heterocycles. The van der Waals surface area contributed by atoms with E-state index in [1.807, 2.05) is 39.0 Å². The van der Waals surface area contributed by atoms with Gasteiger partial charge in [-0.25, -0.2) is 0 Å². The Balaban J connectivity index is 2.87. The third-order valence-corrected chi connectivity index (χ3v) is 2.93. The molecule has 0 aliphatic carbocycles. The lowest BCUT2D eigenvalue weighted by atomic mass is 9.91. The van der Waals surface area contributed by atoms with Crippen molar-refractivity contribution in [3.8, 4) is 0 Å². The van der Waals surface area contributed by atoms with Crippen LogP contribution in [0, 0.1) is 19.8 Å². The second kappa shape index (κ2) is 5.80. The quantitative estimate of drug-likeness (QED) is 0.712. The summed E-state index contributed by atoms with van der Waals surface area (Å²) >= 11 is 0. The Morgan fingerprint density at radius 1 is 1.31 bits per heavy atom. The fourth-order valence-corrected chi connectivity index (χ4v) is 1.88. The van der Waals surface area contributed by atoms with Crippen LogP contribution in [-0.4, -0.2) is 19.5 Å². The molecule has 0 aliphatic rings. The molecule has 16 heavy (non-hydrogen) atoms. The summed E-state index contributed by atoms with van der Waals surface area (Å²) in [4.78, 5) is 12.2. The summed E-state index contributed by atoms with van der Waals surface area (Å²) in [6, 6.07) is 5.97. The predicted molar refractivity (Wildman–Crippen MR) is 65.9 cm³/mol. The van der Waals surface area contributed by atoms with E-state index in [1.165, 1.54) is 0 Å². The summed E-state index contributed by atoms with van der Waals surface area (Å²) < 4.78 is 5.01. The molecule has 0 spiro atoms. The largest absolute Gasteiger partial charge is 0.385 e. The van der Waals surface area contributed by atoms with E-state index >= 15 is 0 Å². The maximum Gasteiger partial charge on any atom is 0.166 e. The van der Waals surface area contributed by atoms with Crippen molar-refractivity contribution in [2.24, 2.45) is 5.92 Å². The number of aryl methyl sites for hydroxylation is 2. The SMILES string of the molecule is COCCC(C)C(=O)c1c(C)cccc1C. The van der Waals surface area contributed by atoms with Crippen molar-refractivity contribution >= 4 is 5.78 Å². The highest BCUT2D eigenvalue weighted by molar-refractivity contribution is 6.00. The fraction of sp³-hybridized carbons (Fsp3) is 0.500. The normalized spacial score (nSPS) is 12.5. The lowest BCUT2D eigenvalue weighted by Gasteiger charge is -2.13. The molecular formula is C14H20O2. The van der Waals surface area contributed by atoms with Crippen LogP contribution in [0.4, 0.5) is 0 Å². The van der Waals surface area contributed by atoms with Gasteiger partial charge in [-0.1, -0.05) is 25.1 Å². The molecule has 0 aromatic heterocycles. The van der Waals surface area contributed by atoms with E-state index < -0.39 is 0 Å². The van der Waals surface area contributed by atoms with Gasteiger partial charge in [-0.3, -0.25) is 4.79 Å². The molecule has 1 rings (SSSR count). The molecule has 1 aromatic carbocycles. The van der Waals surface area contributed by atoms with Gasteiger partial charge >= 0.3 is 0 Å². The minimum Gasteiger partial charge on any atom is -0.385 e. The smallest absolute Gasteiger partial charge is 0.166 e. The molecule has 0 saturated heterocycles. The number of hydrogen-bond acceptors (Lipinski definition) is 2. The van der Waals surface area contributed by atoms with E-state index in [-0.39, 0.29) is 11.7 Å². The Hall–Kier alpha value is -1.15. The number of benzene rings is 1. The topological polar surface area (TPSA) is 26.3 Å². The van der Waals surface area contributed by atoms with Gasteiger partial charge in [-0.05, 0) is 31.4 Å². The first-order valence-electron chi connectivity index (χ1n) is 5.67. The first kappa shape index (κ1) is 12.9. The molecule has 0 bridgehead atoms. The van der Waals surface area contributed by atoms with Gasteiger partial charge < -0.3 is 4.74 Å². The van der Waals surface area contributed by atoms with Crippen LogP contribution in [0.25, 0.3) is 0 Å². The van der Waals surface area contributed by atoms with Gasteiger partial charge in [0.2, 0.25) is 0 Å². The Bertz CT molecular complexity index is 349. The van der Waals surface area contributed by atoms with Crippen molar-refractivity contribution in [2.45, 2.75) is 27.2 Å². The standard InChI is InChI=1S/C14H20O2/c1-10-6-5-7-11(2)13(10)14(15)12(3)8-9-16-4/h5-7,12H,8-9H2,1-4H3. The molecular weight excluding hydrogens is 200 g/mol.